The van der Waals surface area contributed by atoms with Crippen molar-refractivity contribution in [1.29, 1.82) is 0 Å². The van der Waals surface area contributed by atoms with Gasteiger partial charge in [0.05, 0.1) is 29.2 Å². The van der Waals surface area contributed by atoms with Crippen molar-refractivity contribution in [2.75, 3.05) is 17.2 Å². The third-order valence-electron chi connectivity index (χ3n) is 2.57. The SMILES string of the molecule is Nc1cc(S(=O)(=O)O)ccc1N1CC(=O)CC1=O. The van der Waals surface area contributed by atoms with Crippen LogP contribution >= 0.6 is 0 Å². The molecule has 0 radical (unpaired) electrons. The lowest BCUT2D eigenvalue weighted by Gasteiger charge is -2.17. The number of rotatable bonds is 2. The second-order valence-corrected chi connectivity index (χ2v) is 5.31. The Morgan fingerprint density at radius 1 is 1.28 bits per heavy atom. The van der Waals surface area contributed by atoms with Crippen molar-refractivity contribution in [3.63, 3.8) is 0 Å². The van der Waals surface area contributed by atoms with Crippen LogP contribution in [0, 0.1) is 0 Å². The summed E-state index contributed by atoms with van der Waals surface area (Å²) in [5, 5.41) is 0. The lowest BCUT2D eigenvalue weighted by Crippen LogP contribution is -2.25. The normalized spacial score (nSPS) is 16.4. The summed E-state index contributed by atoms with van der Waals surface area (Å²) in [7, 11) is -4.34. The number of hydrogen-bond donors (Lipinski definition) is 2. The van der Waals surface area contributed by atoms with E-state index in [-0.39, 0.29) is 40.9 Å². The smallest absolute Gasteiger partial charge is 0.294 e. The fraction of sp³-hybridized carbons (Fsp3) is 0.200. The Bertz CT molecular complexity index is 638. The highest BCUT2D eigenvalue weighted by Crippen LogP contribution is 2.28. The van der Waals surface area contributed by atoms with Crippen molar-refractivity contribution in [1.82, 2.24) is 0 Å². The molecule has 0 spiro atoms. The van der Waals surface area contributed by atoms with Gasteiger partial charge in [0.15, 0.2) is 5.78 Å². The predicted octanol–water partition coefficient (Wildman–Crippen LogP) is -0.179. The topological polar surface area (TPSA) is 118 Å². The minimum atomic E-state index is -4.34. The molecule has 96 valence electrons. The van der Waals surface area contributed by atoms with Gasteiger partial charge in [0.1, 0.15) is 0 Å². The molecule has 0 saturated carbocycles. The van der Waals surface area contributed by atoms with E-state index in [0.29, 0.717) is 0 Å². The van der Waals surface area contributed by atoms with Gasteiger partial charge in [-0.1, -0.05) is 0 Å². The molecule has 0 aromatic heterocycles. The van der Waals surface area contributed by atoms with E-state index in [1.165, 1.54) is 11.0 Å². The van der Waals surface area contributed by atoms with Crippen LogP contribution in [0.4, 0.5) is 11.4 Å². The molecule has 1 aromatic carbocycles. The number of benzene rings is 1. The average molecular weight is 270 g/mol. The maximum atomic E-state index is 11.5. The quantitative estimate of drug-likeness (QED) is 0.437. The van der Waals surface area contributed by atoms with Gasteiger partial charge < -0.3 is 10.6 Å². The van der Waals surface area contributed by atoms with E-state index < -0.39 is 10.1 Å². The molecule has 3 N–H and O–H groups in total. The van der Waals surface area contributed by atoms with Gasteiger partial charge in [-0.15, -0.1) is 0 Å². The molecule has 1 aliphatic rings. The van der Waals surface area contributed by atoms with Crippen molar-refractivity contribution in [2.45, 2.75) is 11.3 Å². The highest BCUT2D eigenvalue weighted by atomic mass is 32.2. The molecule has 0 aliphatic carbocycles. The van der Waals surface area contributed by atoms with Gasteiger partial charge in [0.2, 0.25) is 5.91 Å². The molecule has 7 nitrogen and oxygen atoms in total. The molecule has 2 rings (SSSR count). The Labute approximate surface area is 103 Å². The van der Waals surface area contributed by atoms with Gasteiger partial charge in [-0.2, -0.15) is 8.42 Å². The molecule has 8 heteroatoms. The number of ketones is 1. The van der Waals surface area contributed by atoms with Gasteiger partial charge in [-0.3, -0.25) is 14.1 Å². The zero-order valence-corrected chi connectivity index (χ0v) is 9.98. The summed E-state index contributed by atoms with van der Waals surface area (Å²) in [5.41, 5.74) is 5.89. The van der Waals surface area contributed by atoms with Crippen LogP contribution in [0.25, 0.3) is 0 Å². The van der Waals surface area contributed by atoms with Crippen LogP contribution in [0.15, 0.2) is 23.1 Å². The van der Waals surface area contributed by atoms with Crippen LogP contribution in [0.5, 0.6) is 0 Å². The summed E-state index contributed by atoms with van der Waals surface area (Å²) in [6.45, 7) is -0.0751. The van der Waals surface area contributed by atoms with Gasteiger partial charge in [-0.25, -0.2) is 0 Å². The Hall–Kier alpha value is -1.93. The molecule has 1 aromatic rings. The first-order valence-electron chi connectivity index (χ1n) is 4.98. The number of anilines is 2. The number of carbonyl (C=O) groups excluding carboxylic acids is 2. The Morgan fingerprint density at radius 3 is 2.39 bits per heavy atom. The van der Waals surface area contributed by atoms with Crippen LogP contribution in [-0.4, -0.2) is 31.2 Å². The Morgan fingerprint density at radius 2 is 1.94 bits per heavy atom. The van der Waals surface area contributed by atoms with Crippen molar-refractivity contribution < 1.29 is 22.6 Å². The summed E-state index contributed by atoms with van der Waals surface area (Å²) in [6, 6.07) is 3.45. The number of amides is 1. The largest absolute Gasteiger partial charge is 0.397 e. The van der Waals surface area contributed by atoms with Crippen molar-refractivity contribution in [3.05, 3.63) is 18.2 Å². The van der Waals surface area contributed by atoms with Gasteiger partial charge in [-0.05, 0) is 18.2 Å². The third-order valence-corrected chi connectivity index (χ3v) is 3.42. The van der Waals surface area contributed by atoms with E-state index in [9.17, 15) is 18.0 Å². The second kappa shape index (κ2) is 4.07. The molecule has 0 bridgehead atoms. The van der Waals surface area contributed by atoms with E-state index in [1.54, 1.807) is 0 Å². The molecule has 1 saturated heterocycles. The number of nitrogens with zero attached hydrogens (tertiary/aromatic N) is 1. The first kappa shape index (κ1) is 12.5. The van der Waals surface area contributed by atoms with E-state index in [2.05, 4.69) is 0 Å². The molecule has 0 atom stereocenters. The Kier molecular flexibility index (Phi) is 2.83. The first-order chi connectivity index (χ1) is 8.29. The summed E-state index contributed by atoms with van der Waals surface area (Å²) >= 11 is 0. The first-order valence-corrected chi connectivity index (χ1v) is 6.42. The van der Waals surface area contributed by atoms with Gasteiger partial charge >= 0.3 is 0 Å². The van der Waals surface area contributed by atoms with E-state index in [4.69, 9.17) is 10.3 Å². The summed E-state index contributed by atoms with van der Waals surface area (Å²) < 4.78 is 30.6. The summed E-state index contributed by atoms with van der Waals surface area (Å²) in [5.74, 6) is -0.607. The van der Waals surface area contributed by atoms with Gasteiger partial charge in [0, 0.05) is 0 Å². The molecule has 18 heavy (non-hydrogen) atoms. The second-order valence-electron chi connectivity index (χ2n) is 3.89. The fourth-order valence-electron chi connectivity index (χ4n) is 1.74. The number of carbonyl (C=O) groups is 2. The molecule has 1 aliphatic heterocycles. The molecule has 1 fully saturated rings. The zero-order chi connectivity index (χ0) is 13.5. The molecule has 0 unspecified atom stereocenters. The molecule has 1 amide bonds. The Balaban J connectivity index is 2.43. The molecule has 1 heterocycles. The summed E-state index contributed by atoms with van der Waals surface area (Å²) in [4.78, 5) is 23.5. The number of hydrogen-bond acceptors (Lipinski definition) is 5. The highest BCUT2D eigenvalue weighted by Gasteiger charge is 2.30. The van der Waals surface area contributed by atoms with Crippen LogP contribution in [0.1, 0.15) is 6.42 Å². The van der Waals surface area contributed by atoms with Crippen LogP contribution in [-0.2, 0) is 19.7 Å². The average Bonchev–Trinajstić information content (AvgIpc) is 2.56. The predicted molar refractivity (Wildman–Crippen MR) is 62.6 cm³/mol. The van der Waals surface area contributed by atoms with Crippen LogP contribution < -0.4 is 10.6 Å². The lowest BCUT2D eigenvalue weighted by atomic mass is 10.2. The lowest BCUT2D eigenvalue weighted by molar-refractivity contribution is -0.121. The molecular weight excluding hydrogens is 260 g/mol. The van der Waals surface area contributed by atoms with Crippen LogP contribution in [0.3, 0.4) is 0 Å². The maximum absolute atomic E-state index is 11.5. The monoisotopic (exact) mass is 270 g/mol. The summed E-state index contributed by atoms with van der Waals surface area (Å²) in [6.07, 6.45) is -0.181. The van der Waals surface area contributed by atoms with Crippen LogP contribution in [0.2, 0.25) is 0 Å². The number of Topliss-reactive ketones (excluding diaryl/α,β-unsaturated/α-hetero) is 1. The standard InChI is InChI=1S/C10H10N2O5S/c11-8-4-7(18(15,16)17)1-2-9(8)12-5-6(13)3-10(12)14/h1-2,4H,3,5,11H2,(H,15,16,17). The van der Waals surface area contributed by atoms with Crippen molar-refractivity contribution >= 4 is 33.2 Å². The zero-order valence-electron chi connectivity index (χ0n) is 9.16. The molecular formula is C10H10N2O5S. The van der Waals surface area contributed by atoms with E-state index in [1.807, 2.05) is 0 Å². The van der Waals surface area contributed by atoms with Crippen molar-refractivity contribution in [3.8, 4) is 0 Å². The minimum Gasteiger partial charge on any atom is -0.397 e. The highest BCUT2D eigenvalue weighted by molar-refractivity contribution is 7.85. The maximum Gasteiger partial charge on any atom is 0.294 e. The van der Waals surface area contributed by atoms with E-state index >= 15 is 0 Å². The van der Waals surface area contributed by atoms with Crippen molar-refractivity contribution in [2.24, 2.45) is 0 Å². The third kappa shape index (κ3) is 2.20. The number of nitrogen functional groups attached to an aromatic ring is 1. The number of nitrogens with two attached hydrogens (primary N) is 1. The van der Waals surface area contributed by atoms with E-state index in [0.717, 1.165) is 12.1 Å². The van der Waals surface area contributed by atoms with Gasteiger partial charge in [0.25, 0.3) is 10.1 Å². The fourth-order valence-corrected chi connectivity index (χ4v) is 2.26. The minimum absolute atomic E-state index is 0.00757.